The summed E-state index contributed by atoms with van der Waals surface area (Å²) in [5.74, 6) is -2.04. The zero-order valence-corrected chi connectivity index (χ0v) is 16.3. The number of ether oxygens (including phenoxy) is 2. The van der Waals surface area contributed by atoms with Gasteiger partial charge in [0, 0.05) is 25.2 Å². The van der Waals surface area contributed by atoms with Crippen LogP contribution in [0, 0.1) is 0 Å². The van der Waals surface area contributed by atoms with E-state index in [0.717, 1.165) is 10.6 Å². The van der Waals surface area contributed by atoms with Gasteiger partial charge in [-0.05, 0) is 24.6 Å². The molecule has 1 atom stereocenters. The highest BCUT2D eigenvalue weighted by Crippen LogP contribution is 2.32. The third-order valence-corrected chi connectivity index (χ3v) is 5.45. The van der Waals surface area contributed by atoms with Crippen LogP contribution in [-0.4, -0.2) is 85.3 Å². The van der Waals surface area contributed by atoms with Crippen LogP contribution in [0.1, 0.15) is 33.6 Å². The summed E-state index contributed by atoms with van der Waals surface area (Å²) in [5.41, 5.74) is 1.34. The molecule has 0 spiro atoms. The molecule has 4 amide bonds. The first-order valence-corrected chi connectivity index (χ1v) is 9.90. The molecule has 1 aromatic rings. The van der Waals surface area contributed by atoms with Gasteiger partial charge in [-0.25, -0.2) is 0 Å². The fraction of sp³-hybridized carbons (Fsp3) is 0.500. The number of hydrogen-bond donors (Lipinski definition) is 2. The number of fused-ring (bicyclic) bond motifs is 1. The minimum absolute atomic E-state index is 0.0161. The summed E-state index contributed by atoms with van der Waals surface area (Å²) in [6.45, 7) is 2.43. The second kappa shape index (κ2) is 8.50. The van der Waals surface area contributed by atoms with Crippen molar-refractivity contribution in [2.24, 2.45) is 0 Å². The highest BCUT2D eigenvalue weighted by molar-refractivity contribution is 6.23. The Bertz CT molecular complexity index is 881. The maximum atomic E-state index is 12.9. The summed E-state index contributed by atoms with van der Waals surface area (Å²) in [6, 6.07) is 4.09. The van der Waals surface area contributed by atoms with Gasteiger partial charge >= 0.3 is 0 Å². The number of rotatable bonds is 8. The number of anilines is 1. The van der Waals surface area contributed by atoms with Crippen LogP contribution in [-0.2, 0) is 19.1 Å². The van der Waals surface area contributed by atoms with Crippen LogP contribution < -0.4 is 10.2 Å². The largest absolute Gasteiger partial charge is 0.394 e. The van der Waals surface area contributed by atoms with Gasteiger partial charge < -0.3 is 19.5 Å². The van der Waals surface area contributed by atoms with E-state index in [0.29, 0.717) is 26.3 Å². The lowest BCUT2D eigenvalue weighted by atomic mass is 10.0. The molecule has 30 heavy (non-hydrogen) atoms. The Hall–Kier alpha value is -2.82. The average molecular weight is 417 g/mol. The highest BCUT2D eigenvalue weighted by atomic mass is 16.5. The Labute approximate surface area is 172 Å². The number of nitrogens with zero attached hydrogens (tertiary/aromatic N) is 2. The lowest BCUT2D eigenvalue weighted by molar-refractivity contribution is -0.136. The summed E-state index contributed by atoms with van der Waals surface area (Å²) in [7, 11) is 0. The number of aliphatic hydroxyl groups is 1. The monoisotopic (exact) mass is 417 g/mol. The van der Waals surface area contributed by atoms with Crippen molar-refractivity contribution in [2.45, 2.75) is 25.0 Å². The molecule has 0 bridgehead atoms. The van der Waals surface area contributed by atoms with Crippen LogP contribution in [0.3, 0.4) is 0 Å². The number of piperidine rings is 1. The smallest absolute Gasteiger partial charge is 0.262 e. The third-order valence-electron chi connectivity index (χ3n) is 5.45. The zero-order valence-electron chi connectivity index (χ0n) is 16.3. The van der Waals surface area contributed by atoms with Gasteiger partial charge in [-0.1, -0.05) is 0 Å². The van der Waals surface area contributed by atoms with E-state index in [4.69, 9.17) is 14.6 Å². The summed E-state index contributed by atoms with van der Waals surface area (Å²) in [5, 5.41) is 10.8. The zero-order chi connectivity index (χ0) is 21.3. The molecule has 0 radical (unpaired) electrons. The Morgan fingerprint density at radius 2 is 1.80 bits per heavy atom. The van der Waals surface area contributed by atoms with E-state index in [2.05, 4.69) is 5.32 Å². The molecular weight excluding hydrogens is 394 g/mol. The number of benzene rings is 1. The summed E-state index contributed by atoms with van der Waals surface area (Å²) < 4.78 is 10.8. The van der Waals surface area contributed by atoms with Crippen LogP contribution in [0.15, 0.2) is 18.2 Å². The molecule has 3 heterocycles. The van der Waals surface area contributed by atoms with Crippen LogP contribution in [0.25, 0.3) is 0 Å². The number of aliphatic hydroxyl groups excluding tert-OH is 1. The molecule has 10 heteroatoms. The lowest BCUT2D eigenvalue weighted by Gasteiger charge is -2.40. The van der Waals surface area contributed by atoms with E-state index in [-0.39, 0.29) is 43.3 Å². The molecule has 160 valence electrons. The second-order valence-corrected chi connectivity index (χ2v) is 7.41. The molecule has 2 saturated heterocycles. The van der Waals surface area contributed by atoms with E-state index >= 15 is 0 Å². The SMILES string of the molecule is O=C1CCC(N2C(=O)c3ccc(N4CC(OCCOCCO)C4)cc3C2=O)C(=O)N1. The van der Waals surface area contributed by atoms with Crippen LogP contribution in [0.4, 0.5) is 5.69 Å². The molecular formula is C20H23N3O7. The van der Waals surface area contributed by atoms with Crippen molar-refractivity contribution in [2.75, 3.05) is 44.4 Å². The van der Waals surface area contributed by atoms with Gasteiger partial charge in [-0.2, -0.15) is 0 Å². The van der Waals surface area contributed by atoms with Crippen molar-refractivity contribution in [1.29, 1.82) is 0 Å². The average Bonchev–Trinajstić information content (AvgIpc) is 2.93. The first-order valence-electron chi connectivity index (χ1n) is 9.90. The van der Waals surface area contributed by atoms with Gasteiger partial charge in [0.1, 0.15) is 6.04 Å². The molecule has 10 nitrogen and oxygen atoms in total. The predicted octanol–water partition coefficient (Wildman–Crippen LogP) is -0.698. The number of carbonyl (C=O) groups is 4. The van der Waals surface area contributed by atoms with Crippen molar-refractivity contribution in [3.63, 3.8) is 0 Å². The molecule has 0 aromatic heterocycles. The Balaban J connectivity index is 1.37. The van der Waals surface area contributed by atoms with E-state index in [9.17, 15) is 19.2 Å². The molecule has 1 unspecified atom stereocenters. The number of carbonyl (C=O) groups excluding carboxylic acids is 4. The Morgan fingerprint density at radius 1 is 1.03 bits per heavy atom. The normalized spacial score (nSPS) is 21.7. The molecule has 2 N–H and O–H groups in total. The fourth-order valence-electron chi connectivity index (χ4n) is 3.85. The van der Waals surface area contributed by atoms with Crippen molar-refractivity contribution in [3.05, 3.63) is 29.3 Å². The first kappa shape index (κ1) is 20.5. The number of hydrogen-bond acceptors (Lipinski definition) is 8. The minimum atomic E-state index is -0.964. The highest BCUT2D eigenvalue weighted by Gasteiger charge is 2.45. The van der Waals surface area contributed by atoms with Crippen molar-refractivity contribution < 1.29 is 33.8 Å². The maximum absolute atomic E-state index is 12.9. The lowest BCUT2D eigenvalue weighted by Crippen LogP contribution is -2.54. The molecule has 2 fully saturated rings. The molecule has 0 saturated carbocycles. The van der Waals surface area contributed by atoms with Gasteiger partial charge in [-0.15, -0.1) is 0 Å². The van der Waals surface area contributed by atoms with E-state index in [1.165, 1.54) is 0 Å². The number of nitrogens with one attached hydrogen (secondary N) is 1. The third kappa shape index (κ3) is 3.81. The van der Waals surface area contributed by atoms with Crippen molar-refractivity contribution in [1.82, 2.24) is 10.2 Å². The van der Waals surface area contributed by atoms with Gasteiger partial charge in [-0.3, -0.25) is 29.4 Å². The first-order chi connectivity index (χ1) is 14.5. The topological polar surface area (TPSA) is 125 Å². The van der Waals surface area contributed by atoms with E-state index < -0.39 is 29.7 Å². The van der Waals surface area contributed by atoms with Crippen LogP contribution in [0.2, 0.25) is 0 Å². The van der Waals surface area contributed by atoms with E-state index in [1.807, 2.05) is 4.90 Å². The van der Waals surface area contributed by atoms with Crippen LogP contribution >= 0.6 is 0 Å². The van der Waals surface area contributed by atoms with Gasteiger partial charge in [0.25, 0.3) is 11.8 Å². The standard InChI is InChI=1S/C20H23N3O7/c24-5-6-29-7-8-30-13-10-22(11-13)12-1-2-14-15(9-12)20(28)23(19(14)27)16-3-4-17(25)21-18(16)26/h1-2,9,13,16,24H,3-8,10-11H2,(H,21,25,26). The number of amides is 4. The van der Waals surface area contributed by atoms with Gasteiger partial charge in [0.2, 0.25) is 11.8 Å². The Kier molecular flexibility index (Phi) is 5.80. The van der Waals surface area contributed by atoms with Crippen molar-refractivity contribution >= 4 is 29.3 Å². The summed E-state index contributed by atoms with van der Waals surface area (Å²) in [6.07, 6.45) is 0.277. The number of imide groups is 2. The maximum Gasteiger partial charge on any atom is 0.262 e. The molecule has 3 aliphatic rings. The van der Waals surface area contributed by atoms with Crippen molar-refractivity contribution in [3.8, 4) is 0 Å². The minimum Gasteiger partial charge on any atom is -0.394 e. The Morgan fingerprint density at radius 3 is 2.53 bits per heavy atom. The quantitative estimate of drug-likeness (QED) is 0.420. The van der Waals surface area contributed by atoms with Gasteiger partial charge in [0.05, 0.1) is 43.7 Å². The fourth-order valence-corrected chi connectivity index (χ4v) is 3.85. The molecule has 3 aliphatic heterocycles. The van der Waals surface area contributed by atoms with Gasteiger partial charge in [0.15, 0.2) is 0 Å². The summed E-state index contributed by atoms with van der Waals surface area (Å²) >= 11 is 0. The predicted molar refractivity (Wildman–Crippen MR) is 103 cm³/mol. The summed E-state index contributed by atoms with van der Waals surface area (Å²) in [4.78, 5) is 52.1. The second-order valence-electron chi connectivity index (χ2n) is 7.41. The van der Waals surface area contributed by atoms with E-state index in [1.54, 1.807) is 18.2 Å². The molecule has 0 aliphatic carbocycles. The molecule has 4 rings (SSSR count). The van der Waals surface area contributed by atoms with Crippen LogP contribution in [0.5, 0.6) is 0 Å². The molecule has 1 aromatic carbocycles.